The highest BCUT2D eigenvalue weighted by Crippen LogP contribution is 2.21. The van der Waals surface area contributed by atoms with Crippen LogP contribution in [-0.4, -0.2) is 18.6 Å². The van der Waals surface area contributed by atoms with Crippen molar-refractivity contribution in [2.24, 2.45) is 17.8 Å². The van der Waals surface area contributed by atoms with Gasteiger partial charge in [-0.15, -0.1) is 0 Å². The van der Waals surface area contributed by atoms with Crippen molar-refractivity contribution in [2.45, 2.75) is 40.3 Å². The lowest BCUT2D eigenvalue weighted by molar-refractivity contribution is -0.153. The topological polar surface area (TPSA) is 29.1 Å². The van der Waals surface area contributed by atoms with E-state index in [1.165, 1.54) is 0 Å². The second-order valence-electron chi connectivity index (χ2n) is 4.75. The Morgan fingerprint density at radius 1 is 1.12 bits per heavy atom. The summed E-state index contributed by atoms with van der Waals surface area (Å²) in [5.41, 5.74) is 0. The van der Waals surface area contributed by atoms with Gasteiger partial charge < -0.3 is 5.32 Å². The number of hydrogen-bond donors (Lipinski definition) is 1. The summed E-state index contributed by atoms with van der Waals surface area (Å²) in [5, 5.41) is 2.34. The predicted octanol–water partition coefficient (Wildman–Crippen LogP) is 2.98. The molecule has 0 aromatic rings. The predicted molar refractivity (Wildman–Crippen MR) is 56.8 cm³/mol. The Hall–Kier alpha value is -0.740. The van der Waals surface area contributed by atoms with Gasteiger partial charge in [-0.2, -0.15) is 13.2 Å². The van der Waals surface area contributed by atoms with Crippen LogP contribution in [-0.2, 0) is 4.79 Å². The second kappa shape index (κ2) is 6.11. The molecule has 0 radical (unpaired) electrons. The summed E-state index contributed by atoms with van der Waals surface area (Å²) in [6, 6.07) is 0. The molecule has 0 rings (SSSR count). The lowest BCUT2D eigenvalue weighted by atomic mass is 9.85. The van der Waals surface area contributed by atoms with Crippen LogP contribution < -0.4 is 5.32 Å². The van der Waals surface area contributed by atoms with Crippen LogP contribution in [0.4, 0.5) is 13.2 Å². The van der Waals surface area contributed by atoms with Crippen molar-refractivity contribution in [3.63, 3.8) is 0 Å². The number of rotatable bonds is 5. The van der Waals surface area contributed by atoms with Crippen molar-refractivity contribution in [1.29, 1.82) is 0 Å². The van der Waals surface area contributed by atoms with Gasteiger partial charge in [-0.05, 0) is 17.8 Å². The lowest BCUT2D eigenvalue weighted by Crippen LogP contribution is -2.35. The Labute approximate surface area is 94.6 Å². The Kier molecular flexibility index (Phi) is 5.83. The third-order valence-electron chi connectivity index (χ3n) is 2.61. The fourth-order valence-electron chi connectivity index (χ4n) is 1.72. The first-order chi connectivity index (χ1) is 7.13. The van der Waals surface area contributed by atoms with Gasteiger partial charge in [-0.1, -0.05) is 27.7 Å². The Bertz CT molecular complexity index is 216. The molecule has 16 heavy (non-hydrogen) atoms. The summed E-state index contributed by atoms with van der Waals surface area (Å²) < 4.78 is 35.7. The Balaban J connectivity index is 4.07. The number of nitrogens with one attached hydrogen (secondary N) is 1. The number of carbonyl (C=O) groups is 1. The highest BCUT2D eigenvalue weighted by Gasteiger charge is 2.31. The summed E-state index contributed by atoms with van der Waals surface area (Å²) in [5.74, 6) is -0.0617. The molecule has 0 aromatic heterocycles. The minimum Gasteiger partial charge on any atom is -0.356 e. The molecular weight excluding hydrogens is 219 g/mol. The van der Waals surface area contributed by atoms with E-state index >= 15 is 0 Å². The summed E-state index contributed by atoms with van der Waals surface area (Å²) >= 11 is 0. The highest BCUT2D eigenvalue weighted by atomic mass is 19.4. The van der Waals surface area contributed by atoms with Crippen LogP contribution in [0.1, 0.15) is 34.1 Å². The monoisotopic (exact) mass is 239 g/mol. The first-order valence-corrected chi connectivity index (χ1v) is 5.47. The Morgan fingerprint density at radius 2 is 1.56 bits per heavy atom. The minimum atomic E-state index is -4.42. The van der Waals surface area contributed by atoms with Gasteiger partial charge >= 0.3 is 6.18 Å². The molecule has 0 aliphatic heterocycles. The molecule has 0 saturated carbocycles. The molecule has 0 atom stereocenters. The maximum Gasteiger partial charge on any atom is 0.397 e. The zero-order chi connectivity index (χ0) is 12.9. The normalized spacial score (nSPS) is 12.6. The molecule has 0 aromatic carbocycles. The number of halogens is 3. The van der Waals surface area contributed by atoms with Crippen LogP contribution in [0.3, 0.4) is 0 Å². The van der Waals surface area contributed by atoms with Crippen LogP contribution in [0.5, 0.6) is 0 Å². The molecule has 96 valence electrons. The standard InChI is InChI=1S/C11H20F3NO/c1-7(2)9(8(3)4)6-15-10(16)5-11(12,13)14/h7-9H,5-6H2,1-4H3,(H,15,16). The van der Waals surface area contributed by atoms with E-state index < -0.39 is 18.5 Å². The van der Waals surface area contributed by atoms with Crippen molar-refractivity contribution in [3.05, 3.63) is 0 Å². The maximum atomic E-state index is 11.9. The molecule has 1 N–H and O–H groups in total. The van der Waals surface area contributed by atoms with E-state index in [1.54, 1.807) is 0 Å². The van der Waals surface area contributed by atoms with Gasteiger partial charge in [-0.3, -0.25) is 4.79 Å². The van der Waals surface area contributed by atoms with E-state index in [0.717, 1.165) is 0 Å². The molecule has 1 amide bonds. The first kappa shape index (κ1) is 15.3. The van der Waals surface area contributed by atoms with Gasteiger partial charge in [0.1, 0.15) is 6.42 Å². The molecule has 0 spiro atoms. The molecule has 0 aliphatic carbocycles. The van der Waals surface area contributed by atoms with Crippen LogP contribution in [0.25, 0.3) is 0 Å². The fraction of sp³-hybridized carbons (Fsp3) is 0.909. The Morgan fingerprint density at radius 3 is 1.88 bits per heavy atom. The average molecular weight is 239 g/mol. The van der Waals surface area contributed by atoms with Crippen LogP contribution in [0, 0.1) is 17.8 Å². The summed E-state index contributed by atoms with van der Waals surface area (Å²) in [6.45, 7) is 8.31. The number of alkyl halides is 3. The van der Waals surface area contributed by atoms with Crippen LogP contribution in [0.2, 0.25) is 0 Å². The number of carbonyl (C=O) groups excluding carboxylic acids is 1. The van der Waals surface area contributed by atoms with E-state index in [2.05, 4.69) is 5.32 Å². The first-order valence-electron chi connectivity index (χ1n) is 5.47. The van der Waals surface area contributed by atoms with Crippen LogP contribution >= 0.6 is 0 Å². The lowest BCUT2D eigenvalue weighted by Gasteiger charge is -2.25. The number of hydrogen-bond acceptors (Lipinski definition) is 1. The van der Waals surface area contributed by atoms with Crippen molar-refractivity contribution < 1.29 is 18.0 Å². The molecule has 0 unspecified atom stereocenters. The van der Waals surface area contributed by atoms with E-state index in [9.17, 15) is 18.0 Å². The average Bonchev–Trinajstić information content (AvgIpc) is 1.98. The molecule has 0 saturated heterocycles. The summed E-state index contributed by atoms with van der Waals surface area (Å²) in [6.07, 6.45) is -5.81. The van der Waals surface area contributed by atoms with Gasteiger partial charge in [0.2, 0.25) is 5.91 Å². The largest absolute Gasteiger partial charge is 0.397 e. The molecule has 2 nitrogen and oxygen atoms in total. The molecule has 0 bridgehead atoms. The third-order valence-corrected chi connectivity index (χ3v) is 2.61. The van der Waals surface area contributed by atoms with Crippen molar-refractivity contribution in [1.82, 2.24) is 5.32 Å². The van der Waals surface area contributed by atoms with Gasteiger partial charge in [-0.25, -0.2) is 0 Å². The van der Waals surface area contributed by atoms with Gasteiger partial charge in [0.15, 0.2) is 0 Å². The maximum absolute atomic E-state index is 11.9. The minimum absolute atomic E-state index is 0.206. The molecule has 0 aliphatic rings. The summed E-state index contributed by atoms with van der Waals surface area (Å²) in [7, 11) is 0. The van der Waals surface area contributed by atoms with E-state index in [4.69, 9.17) is 0 Å². The van der Waals surface area contributed by atoms with E-state index in [0.29, 0.717) is 18.4 Å². The van der Waals surface area contributed by atoms with Gasteiger partial charge in [0.25, 0.3) is 0 Å². The van der Waals surface area contributed by atoms with E-state index in [-0.39, 0.29) is 5.92 Å². The third kappa shape index (κ3) is 6.69. The van der Waals surface area contributed by atoms with E-state index in [1.807, 2.05) is 27.7 Å². The molecule has 5 heteroatoms. The van der Waals surface area contributed by atoms with Crippen molar-refractivity contribution in [2.75, 3.05) is 6.54 Å². The van der Waals surface area contributed by atoms with Crippen LogP contribution in [0.15, 0.2) is 0 Å². The fourth-order valence-corrected chi connectivity index (χ4v) is 1.72. The SMILES string of the molecule is CC(C)C(CNC(=O)CC(F)(F)F)C(C)C. The zero-order valence-corrected chi connectivity index (χ0v) is 10.2. The zero-order valence-electron chi connectivity index (χ0n) is 10.2. The smallest absolute Gasteiger partial charge is 0.356 e. The van der Waals surface area contributed by atoms with Gasteiger partial charge in [0, 0.05) is 6.54 Å². The highest BCUT2D eigenvalue weighted by molar-refractivity contribution is 5.76. The quantitative estimate of drug-likeness (QED) is 0.785. The van der Waals surface area contributed by atoms with Gasteiger partial charge in [0.05, 0.1) is 0 Å². The summed E-state index contributed by atoms with van der Waals surface area (Å²) in [4.78, 5) is 11.0. The molecule has 0 fully saturated rings. The molecule has 0 heterocycles. The van der Waals surface area contributed by atoms with Crippen molar-refractivity contribution >= 4 is 5.91 Å². The number of amides is 1. The second-order valence-corrected chi connectivity index (χ2v) is 4.75. The van der Waals surface area contributed by atoms with Crippen molar-refractivity contribution in [3.8, 4) is 0 Å². The molecular formula is C11H20F3NO.